The number of anilines is 2. The van der Waals surface area contributed by atoms with Crippen LogP contribution < -0.4 is 11.1 Å². The van der Waals surface area contributed by atoms with E-state index in [1.54, 1.807) is 12.1 Å². The lowest BCUT2D eigenvalue weighted by atomic mass is 10.1. The smallest absolute Gasteiger partial charge is 0.241 e. The van der Waals surface area contributed by atoms with Crippen molar-refractivity contribution < 1.29 is 9.53 Å². The normalized spacial score (nSPS) is 17.9. The number of morpholine rings is 1. The summed E-state index contributed by atoms with van der Waals surface area (Å²) in [5.74, 6) is 0.0363. The molecule has 0 aromatic heterocycles. The average Bonchev–Trinajstić information content (AvgIpc) is 2.43. The molecule has 1 aliphatic heterocycles. The standard InChI is InChI=1S/C14H21N3O2/c1-2-13(17-7-9-19-10-8-17)14(18)16-12-5-3-11(15)4-6-12/h3-6,13H,2,7-10,15H2,1H3,(H,16,18). The number of benzene rings is 1. The molecule has 1 unspecified atom stereocenters. The van der Waals surface area contributed by atoms with Gasteiger partial charge in [-0.2, -0.15) is 0 Å². The number of amides is 1. The summed E-state index contributed by atoms with van der Waals surface area (Å²) in [6.07, 6.45) is 0.792. The maximum absolute atomic E-state index is 12.3. The van der Waals surface area contributed by atoms with Crippen LogP contribution in [0.5, 0.6) is 0 Å². The topological polar surface area (TPSA) is 67.6 Å². The van der Waals surface area contributed by atoms with Gasteiger partial charge in [-0.05, 0) is 30.7 Å². The number of ether oxygens (including phenoxy) is 1. The van der Waals surface area contributed by atoms with Crippen LogP contribution in [0.25, 0.3) is 0 Å². The fourth-order valence-corrected chi connectivity index (χ4v) is 2.29. The monoisotopic (exact) mass is 263 g/mol. The SMILES string of the molecule is CCC(C(=O)Nc1ccc(N)cc1)N1CCOCC1. The first-order valence-corrected chi connectivity index (χ1v) is 6.69. The number of nitrogens with zero attached hydrogens (tertiary/aromatic N) is 1. The Balaban J connectivity index is 1.97. The van der Waals surface area contributed by atoms with Crippen molar-refractivity contribution in [3.8, 4) is 0 Å². The Morgan fingerprint density at radius 2 is 2.00 bits per heavy atom. The molecular weight excluding hydrogens is 242 g/mol. The van der Waals surface area contributed by atoms with Gasteiger partial charge in [-0.15, -0.1) is 0 Å². The van der Waals surface area contributed by atoms with Gasteiger partial charge in [0, 0.05) is 24.5 Å². The van der Waals surface area contributed by atoms with E-state index >= 15 is 0 Å². The van der Waals surface area contributed by atoms with E-state index in [4.69, 9.17) is 10.5 Å². The molecule has 2 rings (SSSR count). The van der Waals surface area contributed by atoms with Crippen molar-refractivity contribution in [2.75, 3.05) is 37.4 Å². The van der Waals surface area contributed by atoms with E-state index in [9.17, 15) is 4.79 Å². The van der Waals surface area contributed by atoms with E-state index in [0.717, 1.165) is 25.2 Å². The summed E-state index contributed by atoms with van der Waals surface area (Å²) in [7, 11) is 0. The van der Waals surface area contributed by atoms with Gasteiger partial charge >= 0.3 is 0 Å². The molecule has 0 bridgehead atoms. The Hall–Kier alpha value is -1.59. The Morgan fingerprint density at radius 3 is 2.58 bits per heavy atom. The van der Waals surface area contributed by atoms with E-state index in [1.807, 2.05) is 19.1 Å². The third-order valence-corrected chi connectivity index (χ3v) is 3.35. The van der Waals surface area contributed by atoms with Crippen LogP contribution in [-0.2, 0) is 9.53 Å². The van der Waals surface area contributed by atoms with E-state index < -0.39 is 0 Å². The molecule has 0 saturated carbocycles. The van der Waals surface area contributed by atoms with E-state index in [-0.39, 0.29) is 11.9 Å². The van der Waals surface area contributed by atoms with Gasteiger partial charge in [0.2, 0.25) is 5.91 Å². The highest BCUT2D eigenvalue weighted by Crippen LogP contribution is 2.14. The minimum Gasteiger partial charge on any atom is -0.399 e. The number of hydrogen-bond donors (Lipinski definition) is 2. The zero-order chi connectivity index (χ0) is 13.7. The van der Waals surface area contributed by atoms with Gasteiger partial charge < -0.3 is 15.8 Å². The molecule has 1 aliphatic rings. The van der Waals surface area contributed by atoms with Gasteiger partial charge in [-0.3, -0.25) is 9.69 Å². The summed E-state index contributed by atoms with van der Waals surface area (Å²) in [5, 5.41) is 2.94. The van der Waals surface area contributed by atoms with Gasteiger partial charge in [0.05, 0.1) is 19.3 Å². The molecular formula is C14H21N3O2. The number of carbonyl (C=O) groups excluding carboxylic acids is 1. The molecule has 1 atom stereocenters. The van der Waals surface area contributed by atoms with E-state index in [2.05, 4.69) is 10.2 Å². The zero-order valence-electron chi connectivity index (χ0n) is 11.3. The molecule has 1 saturated heterocycles. The average molecular weight is 263 g/mol. The lowest BCUT2D eigenvalue weighted by Crippen LogP contribution is -2.48. The minimum absolute atomic E-state index is 0.0363. The number of hydrogen-bond acceptors (Lipinski definition) is 4. The number of nitrogens with two attached hydrogens (primary N) is 1. The van der Waals surface area contributed by atoms with Crippen LogP contribution in [0.3, 0.4) is 0 Å². The van der Waals surface area contributed by atoms with Crippen molar-refractivity contribution in [2.45, 2.75) is 19.4 Å². The fourth-order valence-electron chi connectivity index (χ4n) is 2.29. The molecule has 1 aromatic carbocycles. The molecule has 19 heavy (non-hydrogen) atoms. The molecule has 0 radical (unpaired) electrons. The van der Waals surface area contributed by atoms with Crippen molar-refractivity contribution in [3.63, 3.8) is 0 Å². The van der Waals surface area contributed by atoms with Crippen LogP contribution in [0, 0.1) is 0 Å². The first-order valence-electron chi connectivity index (χ1n) is 6.69. The molecule has 3 N–H and O–H groups in total. The van der Waals surface area contributed by atoms with Crippen LogP contribution in [0.4, 0.5) is 11.4 Å². The fraction of sp³-hybridized carbons (Fsp3) is 0.500. The molecule has 104 valence electrons. The molecule has 0 spiro atoms. The van der Waals surface area contributed by atoms with E-state index in [1.165, 1.54) is 0 Å². The Kier molecular flexibility index (Phi) is 4.76. The van der Waals surface area contributed by atoms with Crippen LogP contribution in [0.15, 0.2) is 24.3 Å². The molecule has 1 aromatic rings. The summed E-state index contributed by atoms with van der Waals surface area (Å²) < 4.78 is 5.32. The second kappa shape index (κ2) is 6.54. The number of nitrogens with one attached hydrogen (secondary N) is 1. The highest BCUT2D eigenvalue weighted by atomic mass is 16.5. The lowest BCUT2D eigenvalue weighted by Gasteiger charge is -2.32. The van der Waals surface area contributed by atoms with E-state index in [0.29, 0.717) is 18.9 Å². The Labute approximate surface area is 113 Å². The summed E-state index contributed by atoms with van der Waals surface area (Å²) >= 11 is 0. The predicted molar refractivity (Wildman–Crippen MR) is 76.0 cm³/mol. The van der Waals surface area contributed by atoms with Crippen molar-refractivity contribution in [1.29, 1.82) is 0 Å². The molecule has 5 nitrogen and oxygen atoms in total. The number of rotatable bonds is 4. The van der Waals surface area contributed by atoms with Crippen molar-refractivity contribution in [3.05, 3.63) is 24.3 Å². The van der Waals surface area contributed by atoms with Gasteiger partial charge in [0.15, 0.2) is 0 Å². The maximum atomic E-state index is 12.3. The maximum Gasteiger partial charge on any atom is 0.241 e. The first kappa shape index (κ1) is 13.8. The number of carbonyl (C=O) groups is 1. The number of nitrogen functional groups attached to an aromatic ring is 1. The molecule has 1 amide bonds. The summed E-state index contributed by atoms with van der Waals surface area (Å²) in [6.45, 7) is 5.06. The van der Waals surface area contributed by atoms with Gasteiger partial charge in [0.1, 0.15) is 0 Å². The van der Waals surface area contributed by atoms with Crippen LogP contribution in [-0.4, -0.2) is 43.2 Å². The first-order chi connectivity index (χ1) is 9.20. The van der Waals surface area contributed by atoms with Crippen LogP contribution >= 0.6 is 0 Å². The Bertz CT molecular complexity index is 413. The third-order valence-electron chi connectivity index (χ3n) is 3.35. The summed E-state index contributed by atoms with van der Waals surface area (Å²) in [4.78, 5) is 14.5. The molecule has 1 fully saturated rings. The highest BCUT2D eigenvalue weighted by molar-refractivity contribution is 5.94. The van der Waals surface area contributed by atoms with Crippen molar-refractivity contribution >= 4 is 17.3 Å². The summed E-state index contributed by atoms with van der Waals surface area (Å²) in [5.41, 5.74) is 7.10. The second-order valence-electron chi connectivity index (χ2n) is 4.68. The third kappa shape index (κ3) is 3.68. The Morgan fingerprint density at radius 1 is 1.37 bits per heavy atom. The summed E-state index contributed by atoms with van der Waals surface area (Å²) in [6, 6.07) is 7.11. The zero-order valence-corrected chi connectivity index (χ0v) is 11.3. The minimum atomic E-state index is -0.0959. The van der Waals surface area contributed by atoms with Crippen molar-refractivity contribution in [1.82, 2.24) is 4.90 Å². The van der Waals surface area contributed by atoms with Gasteiger partial charge in [0.25, 0.3) is 0 Å². The second-order valence-corrected chi connectivity index (χ2v) is 4.68. The predicted octanol–water partition coefficient (Wildman–Crippen LogP) is 1.32. The largest absolute Gasteiger partial charge is 0.399 e. The molecule has 0 aliphatic carbocycles. The quantitative estimate of drug-likeness (QED) is 0.804. The van der Waals surface area contributed by atoms with Crippen LogP contribution in [0.1, 0.15) is 13.3 Å². The highest BCUT2D eigenvalue weighted by Gasteiger charge is 2.25. The lowest BCUT2D eigenvalue weighted by molar-refractivity contribution is -0.123. The van der Waals surface area contributed by atoms with Gasteiger partial charge in [-0.25, -0.2) is 0 Å². The molecule has 1 heterocycles. The van der Waals surface area contributed by atoms with Crippen LogP contribution in [0.2, 0.25) is 0 Å². The van der Waals surface area contributed by atoms with Crippen molar-refractivity contribution in [2.24, 2.45) is 0 Å². The van der Waals surface area contributed by atoms with Gasteiger partial charge in [-0.1, -0.05) is 6.92 Å². The molecule has 5 heteroatoms.